The van der Waals surface area contributed by atoms with Crippen molar-refractivity contribution in [1.29, 1.82) is 0 Å². The van der Waals surface area contributed by atoms with Gasteiger partial charge >= 0.3 is 70.2 Å². The van der Waals surface area contributed by atoms with Gasteiger partial charge in [0, 0.05) is 0 Å². The molecule has 10 heavy (non-hydrogen) atoms. The Balaban J connectivity index is 3.87. The summed E-state index contributed by atoms with van der Waals surface area (Å²) in [5, 5.41) is 0. The summed E-state index contributed by atoms with van der Waals surface area (Å²) < 4.78 is 6.32. The predicted octanol–water partition coefficient (Wildman–Crippen LogP) is 3.90. The molecule has 0 radical (unpaired) electrons. The van der Waals surface area contributed by atoms with Gasteiger partial charge in [-0.3, -0.25) is 0 Å². The molecule has 0 saturated carbocycles. The van der Waals surface area contributed by atoms with Gasteiger partial charge in [0.1, 0.15) is 0 Å². The van der Waals surface area contributed by atoms with Crippen molar-refractivity contribution in [2.75, 3.05) is 0 Å². The van der Waals surface area contributed by atoms with Gasteiger partial charge in [0.05, 0.1) is 0 Å². The summed E-state index contributed by atoms with van der Waals surface area (Å²) in [4.78, 5) is 0. The number of rotatable bonds is 5. The van der Waals surface area contributed by atoms with E-state index >= 15 is 0 Å². The van der Waals surface area contributed by atoms with E-state index in [2.05, 4.69) is 27.7 Å². The van der Waals surface area contributed by atoms with E-state index in [9.17, 15) is 0 Å². The molecule has 62 valence electrons. The monoisotopic (exact) mass is 250 g/mol. The Hall–Kier alpha value is 0.799. The van der Waals surface area contributed by atoms with Crippen LogP contribution in [0.2, 0.25) is 17.7 Å². The number of hydrogen-bond acceptors (Lipinski definition) is 0. The molecule has 0 saturated heterocycles. The molecule has 0 unspecified atom stereocenters. The summed E-state index contributed by atoms with van der Waals surface area (Å²) in [5.41, 5.74) is 0. The molecule has 0 aliphatic rings. The molecule has 0 N–H and O–H groups in total. The fourth-order valence-electron chi connectivity index (χ4n) is 1.81. The van der Waals surface area contributed by atoms with Gasteiger partial charge < -0.3 is 0 Å². The van der Waals surface area contributed by atoms with E-state index in [-0.39, 0.29) is 0 Å². The maximum atomic E-state index is 2.42. The number of hydrogen-bond donors (Lipinski definition) is 0. The summed E-state index contributed by atoms with van der Waals surface area (Å²) in [6.45, 7) is 9.59. The van der Waals surface area contributed by atoms with Gasteiger partial charge in [0.2, 0.25) is 0 Å². The van der Waals surface area contributed by atoms with E-state index in [0.717, 1.165) is 0 Å². The van der Waals surface area contributed by atoms with Crippen LogP contribution >= 0.6 is 0 Å². The third-order valence-corrected chi connectivity index (χ3v) is 20.3. The molecule has 0 atom stereocenters. The van der Waals surface area contributed by atoms with Crippen molar-refractivity contribution in [2.45, 2.75) is 51.9 Å². The first-order chi connectivity index (χ1) is 4.74. The van der Waals surface area contributed by atoms with Crippen LogP contribution in [0.3, 0.4) is 0 Å². The molecule has 0 amide bonds. The SMILES string of the molecule is CC[CH2][Sn]([CH2]C)([CH2]C)[CH2]C. The molecule has 0 aromatic carbocycles. The van der Waals surface area contributed by atoms with Crippen molar-refractivity contribution in [3.05, 3.63) is 0 Å². The minimum absolute atomic E-state index is 1.43. The third kappa shape index (κ3) is 2.81. The molecular formula is C9H22Sn. The molecule has 0 rings (SSSR count). The Bertz CT molecular complexity index is 66.5. The molecule has 0 heterocycles. The van der Waals surface area contributed by atoms with Crippen LogP contribution in [0.15, 0.2) is 0 Å². The molecule has 0 spiro atoms. The maximum absolute atomic E-state index is 2.42. The zero-order valence-electron chi connectivity index (χ0n) is 8.04. The normalized spacial score (nSPS) is 12.0. The van der Waals surface area contributed by atoms with Crippen LogP contribution in [0.5, 0.6) is 0 Å². The summed E-state index contributed by atoms with van der Waals surface area (Å²) in [6, 6.07) is 0. The van der Waals surface area contributed by atoms with Gasteiger partial charge in [0.25, 0.3) is 0 Å². The van der Waals surface area contributed by atoms with E-state index in [1.54, 1.807) is 17.7 Å². The van der Waals surface area contributed by atoms with Crippen molar-refractivity contribution in [1.82, 2.24) is 0 Å². The van der Waals surface area contributed by atoms with Crippen molar-refractivity contribution in [3.63, 3.8) is 0 Å². The topological polar surface area (TPSA) is 0 Å². The first-order valence-corrected chi connectivity index (χ1v) is 12.8. The van der Waals surface area contributed by atoms with Gasteiger partial charge in [0.15, 0.2) is 0 Å². The molecule has 0 nitrogen and oxygen atoms in total. The second kappa shape index (κ2) is 5.45. The van der Waals surface area contributed by atoms with Crippen LogP contribution in [-0.2, 0) is 0 Å². The summed E-state index contributed by atoms with van der Waals surface area (Å²) in [7, 11) is 0. The Morgan fingerprint density at radius 3 is 1.30 bits per heavy atom. The van der Waals surface area contributed by atoms with Gasteiger partial charge in [-0.05, 0) is 0 Å². The van der Waals surface area contributed by atoms with Crippen molar-refractivity contribution >= 4 is 18.4 Å². The van der Waals surface area contributed by atoms with Crippen molar-refractivity contribution in [3.8, 4) is 0 Å². The Labute approximate surface area is 70.3 Å². The zero-order chi connectivity index (χ0) is 8.04. The molecule has 0 aromatic heterocycles. The van der Waals surface area contributed by atoms with Crippen molar-refractivity contribution in [2.24, 2.45) is 0 Å². The molecule has 0 aliphatic heterocycles. The summed E-state index contributed by atoms with van der Waals surface area (Å²) in [6.07, 6.45) is 1.44. The fourth-order valence-corrected chi connectivity index (χ4v) is 12.1. The zero-order valence-corrected chi connectivity index (χ0v) is 10.9. The molecule has 0 aromatic rings. The summed E-state index contributed by atoms with van der Waals surface area (Å²) in [5.74, 6) is 0. The van der Waals surface area contributed by atoms with E-state index < -0.39 is 18.4 Å². The second-order valence-electron chi connectivity index (χ2n) is 3.31. The average Bonchev–Trinajstić information content (AvgIpc) is 2.01. The fraction of sp³-hybridized carbons (Fsp3) is 1.00. The van der Waals surface area contributed by atoms with E-state index in [1.165, 1.54) is 6.42 Å². The van der Waals surface area contributed by atoms with Crippen LogP contribution in [0.25, 0.3) is 0 Å². The molecule has 0 bridgehead atoms. The van der Waals surface area contributed by atoms with Gasteiger partial charge in [-0.2, -0.15) is 0 Å². The standard InChI is InChI=1S/C3H7.3C2H5.Sn/c1-3-2;3*1-2;/h1,3H2,2H3;3*1H2,2H3;. The first kappa shape index (κ1) is 10.8. The minimum atomic E-state index is -1.43. The molecular weight excluding hydrogens is 227 g/mol. The Morgan fingerprint density at radius 1 is 0.800 bits per heavy atom. The van der Waals surface area contributed by atoms with E-state index in [4.69, 9.17) is 0 Å². The van der Waals surface area contributed by atoms with Crippen LogP contribution in [0.1, 0.15) is 34.1 Å². The van der Waals surface area contributed by atoms with E-state index in [0.29, 0.717) is 0 Å². The molecule has 0 aliphatic carbocycles. The van der Waals surface area contributed by atoms with Crippen LogP contribution in [0, 0.1) is 0 Å². The Morgan fingerprint density at radius 2 is 1.20 bits per heavy atom. The Kier molecular flexibility index (Phi) is 5.88. The average molecular weight is 249 g/mol. The molecule has 0 fully saturated rings. The van der Waals surface area contributed by atoms with Gasteiger partial charge in [-0.25, -0.2) is 0 Å². The van der Waals surface area contributed by atoms with Crippen LogP contribution in [-0.4, -0.2) is 18.4 Å². The molecule has 1 heteroatoms. The van der Waals surface area contributed by atoms with Gasteiger partial charge in [-0.1, -0.05) is 0 Å². The second-order valence-corrected chi connectivity index (χ2v) is 19.4. The summed E-state index contributed by atoms with van der Waals surface area (Å²) >= 11 is -1.43. The van der Waals surface area contributed by atoms with Crippen LogP contribution in [0.4, 0.5) is 0 Å². The van der Waals surface area contributed by atoms with Crippen LogP contribution < -0.4 is 0 Å². The van der Waals surface area contributed by atoms with E-state index in [1.807, 2.05) is 0 Å². The van der Waals surface area contributed by atoms with Crippen molar-refractivity contribution < 1.29 is 0 Å². The third-order valence-electron chi connectivity index (χ3n) is 3.03. The quantitative estimate of drug-likeness (QED) is 0.648. The first-order valence-electron chi connectivity index (χ1n) is 4.74. The predicted molar refractivity (Wildman–Crippen MR) is 52.3 cm³/mol. The van der Waals surface area contributed by atoms with Gasteiger partial charge in [-0.15, -0.1) is 0 Å².